The van der Waals surface area contributed by atoms with Gasteiger partial charge >= 0.3 is 0 Å². The first-order valence-corrected chi connectivity index (χ1v) is 5.50. The number of aromatic nitrogens is 2. The molecule has 3 nitrogen and oxygen atoms in total. The monoisotopic (exact) mass is 284 g/mol. The molecule has 84 valence electrons. The van der Waals surface area contributed by atoms with Crippen molar-refractivity contribution in [3.8, 4) is 0 Å². The summed E-state index contributed by atoms with van der Waals surface area (Å²) in [5.41, 5.74) is 0.634. The van der Waals surface area contributed by atoms with E-state index in [1.165, 1.54) is 6.07 Å². The van der Waals surface area contributed by atoms with Crippen molar-refractivity contribution in [2.45, 2.75) is 6.10 Å². The molecule has 0 aliphatic rings. The molecule has 2 aromatic rings. The van der Waals surface area contributed by atoms with Crippen molar-refractivity contribution in [2.24, 2.45) is 7.05 Å². The van der Waals surface area contributed by atoms with Crippen molar-refractivity contribution in [1.29, 1.82) is 0 Å². The lowest BCUT2D eigenvalue weighted by molar-refractivity contribution is 0.208. The zero-order valence-electron chi connectivity index (χ0n) is 8.56. The minimum Gasteiger partial charge on any atom is -0.382 e. The zero-order valence-corrected chi connectivity index (χ0v) is 10.1. The Balaban J connectivity index is 2.45. The van der Waals surface area contributed by atoms with Crippen molar-refractivity contribution in [3.05, 3.63) is 52.0 Å². The summed E-state index contributed by atoms with van der Waals surface area (Å²) in [5.74, 6) is -0.451. The van der Waals surface area contributed by atoms with Gasteiger partial charge in [-0.3, -0.25) is 4.68 Å². The first-order valence-electron chi connectivity index (χ1n) is 4.71. The molecule has 1 unspecified atom stereocenters. The summed E-state index contributed by atoms with van der Waals surface area (Å²) < 4.78 is 15.7. The summed E-state index contributed by atoms with van der Waals surface area (Å²) in [6.45, 7) is 0. The molecule has 0 spiro atoms. The van der Waals surface area contributed by atoms with Crippen LogP contribution in [0.25, 0.3) is 0 Å². The lowest BCUT2D eigenvalue weighted by Crippen LogP contribution is -2.05. The van der Waals surface area contributed by atoms with Gasteiger partial charge in [0.25, 0.3) is 0 Å². The van der Waals surface area contributed by atoms with E-state index in [0.717, 1.165) is 0 Å². The van der Waals surface area contributed by atoms with E-state index in [0.29, 0.717) is 10.2 Å². The van der Waals surface area contributed by atoms with Crippen molar-refractivity contribution in [1.82, 2.24) is 9.78 Å². The van der Waals surface area contributed by atoms with Crippen LogP contribution >= 0.6 is 15.9 Å². The molecular formula is C11H10BrFN2O. The van der Waals surface area contributed by atoms with E-state index in [1.807, 2.05) is 0 Å². The maximum absolute atomic E-state index is 13.6. The second-order valence-electron chi connectivity index (χ2n) is 3.45. The lowest BCUT2D eigenvalue weighted by atomic mass is 10.1. The van der Waals surface area contributed by atoms with Gasteiger partial charge in [-0.1, -0.05) is 22.0 Å². The van der Waals surface area contributed by atoms with Gasteiger partial charge in [0.1, 0.15) is 11.9 Å². The summed E-state index contributed by atoms with van der Waals surface area (Å²) in [6.07, 6.45) is 0.643. The lowest BCUT2D eigenvalue weighted by Gasteiger charge is -2.11. The fraction of sp³-hybridized carbons (Fsp3) is 0.182. The van der Waals surface area contributed by atoms with E-state index in [4.69, 9.17) is 0 Å². The molecule has 0 bridgehead atoms. The highest BCUT2D eigenvalue weighted by molar-refractivity contribution is 9.10. The van der Waals surface area contributed by atoms with Gasteiger partial charge in [0, 0.05) is 23.3 Å². The highest BCUT2D eigenvalue weighted by Crippen LogP contribution is 2.29. The number of aliphatic hydroxyl groups is 1. The minimum absolute atomic E-state index is 0.209. The first kappa shape index (κ1) is 11.3. The third kappa shape index (κ3) is 2.01. The SMILES string of the molecule is Cn1ccc(C(O)c2c(F)cccc2Br)n1. The first-order chi connectivity index (χ1) is 7.59. The number of aliphatic hydroxyl groups excluding tert-OH is 1. The van der Waals surface area contributed by atoms with Crippen LogP contribution in [0.15, 0.2) is 34.9 Å². The fourth-order valence-corrected chi connectivity index (χ4v) is 2.06. The number of aryl methyl sites for hydroxylation is 1. The summed E-state index contributed by atoms with van der Waals surface area (Å²) >= 11 is 3.22. The molecule has 0 aliphatic carbocycles. The van der Waals surface area contributed by atoms with E-state index in [9.17, 15) is 9.50 Å². The Morgan fingerprint density at radius 1 is 1.44 bits per heavy atom. The number of hydrogen-bond acceptors (Lipinski definition) is 2. The summed E-state index contributed by atoms with van der Waals surface area (Å²) in [5, 5.41) is 14.1. The second-order valence-corrected chi connectivity index (χ2v) is 4.31. The molecule has 0 radical (unpaired) electrons. The Labute approximate surface area is 101 Å². The van der Waals surface area contributed by atoms with Crippen LogP contribution in [-0.4, -0.2) is 14.9 Å². The number of rotatable bonds is 2. The van der Waals surface area contributed by atoms with Crippen LogP contribution in [0.5, 0.6) is 0 Å². The Hall–Kier alpha value is -1.20. The molecule has 5 heteroatoms. The summed E-state index contributed by atoms with van der Waals surface area (Å²) in [6, 6.07) is 6.23. The largest absolute Gasteiger partial charge is 0.382 e. The summed E-state index contributed by atoms with van der Waals surface area (Å²) in [7, 11) is 1.74. The normalized spacial score (nSPS) is 12.8. The molecule has 0 saturated carbocycles. The third-order valence-electron chi connectivity index (χ3n) is 2.29. The maximum Gasteiger partial charge on any atom is 0.130 e. The van der Waals surface area contributed by atoms with Crippen LogP contribution in [0.4, 0.5) is 4.39 Å². The van der Waals surface area contributed by atoms with Gasteiger partial charge in [-0.05, 0) is 18.2 Å². The van der Waals surface area contributed by atoms with Crippen LogP contribution < -0.4 is 0 Å². The maximum atomic E-state index is 13.6. The van der Waals surface area contributed by atoms with Crippen molar-refractivity contribution in [2.75, 3.05) is 0 Å². The Bertz CT molecular complexity index is 492. The molecule has 1 aromatic carbocycles. The molecule has 1 N–H and O–H groups in total. The molecule has 0 saturated heterocycles. The Morgan fingerprint density at radius 3 is 2.75 bits per heavy atom. The van der Waals surface area contributed by atoms with E-state index in [-0.39, 0.29) is 5.56 Å². The van der Waals surface area contributed by atoms with Gasteiger partial charge < -0.3 is 5.11 Å². The molecule has 0 amide bonds. The Kier molecular flexibility index (Phi) is 3.07. The molecular weight excluding hydrogens is 275 g/mol. The standard InChI is InChI=1S/C11H10BrFN2O/c1-15-6-5-9(14-15)11(16)10-7(12)3-2-4-8(10)13/h2-6,11,16H,1H3. The topological polar surface area (TPSA) is 38.0 Å². The molecule has 2 rings (SSSR count). The fourth-order valence-electron chi connectivity index (χ4n) is 1.50. The van der Waals surface area contributed by atoms with Crippen molar-refractivity contribution < 1.29 is 9.50 Å². The number of benzene rings is 1. The number of hydrogen-bond donors (Lipinski definition) is 1. The number of nitrogens with zero attached hydrogens (tertiary/aromatic N) is 2. The van der Waals surface area contributed by atoms with E-state index < -0.39 is 11.9 Å². The second kappa shape index (κ2) is 4.35. The quantitative estimate of drug-likeness (QED) is 0.920. The average Bonchev–Trinajstić information content (AvgIpc) is 2.64. The molecule has 0 fully saturated rings. The molecule has 16 heavy (non-hydrogen) atoms. The van der Waals surface area contributed by atoms with E-state index in [2.05, 4.69) is 21.0 Å². The molecule has 1 heterocycles. The van der Waals surface area contributed by atoms with E-state index in [1.54, 1.807) is 36.1 Å². The Morgan fingerprint density at radius 2 is 2.19 bits per heavy atom. The predicted octanol–water partition coefficient (Wildman–Crippen LogP) is 2.40. The van der Waals surface area contributed by atoms with Crippen molar-refractivity contribution in [3.63, 3.8) is 0 Å². The van der Waals surface area contributed by atoms with Crippen LogP contribution in [0.3, 0.4) is 0 Å². The van der Waals surface area contributed by atoms with Gasteiger partial charge in [-0.2, -0.15) is 5.10 Å². The smallest absolute Gasteiger partial charge is 0.130 e. The van der Waals surface area contributed by atoms with Gasteiger partial charge in [0.15, 0.2) is 0 Å². The van der Waals surface area contributed by atoms with Gasteiger partial charge in [0.05, 0.1) is 5.69 Å². The van der Waals surface area contributed by atoms with Gasteiger partial charge in [-0.25, -0.2) is 4.39 Å². The molecule has 1 aromatic heterocycles. The molecule has 1 atom stereocenters. The van der Waals surface area contributed by atoms with Crippen molar-refractivity contribution >= 4 is 15.9 Å². The minimum atomic E-state index is -1.06. The van der Waals surface area contributed by atoms with Crippen LogP contribution in [0.1, 0.15) is 17.4 Å². The number of halogens is 2. The van der Waals surface area contributed by atoms with Crippen LogP contribution in [0.2, 0.25) is 0 Å². The highest BCUT2D eigenvalue weighted by Gasteiger charge is 2.19. The van der Waals surface area contributed by atoms with Crippen LogP contribution in [0, 0.1) is 5.82 Å². The van der Waals surface area contributed by atoms with Gasteiger partial charge in [0.2, 0.25) is 0 Å². The molecule has 0 aliphatic heterocycles. The average molecular weight is 285 g/mol. The van der Waals surface area contributed by atoms with E-state index >= 15 is 0 Å². The predicted molar refractivity (Wildman–Crippen MR) is 61.4 cm³/mol. The van der Waals surface area contributed by atoms with Gasteiger partial charge in [-0.15, -0.1) is 0 Å². The zero-order chi connectivity index (χ0) is 11.7. The third-order valence-corrected chi connectivity index (χ3v) is 2.98. The summed E-state index contributed by atoms with van der Waals surface area (Å²) in [4.78, 5) is 0. The van der Waals surface area contributed by atoms with Crippen LogP contribution in [-0.2, 0) is 7.05 Å². The highest BCUT2D eigenvalue weighted by atomic mass is 79.9.